The first-order valence-electron chi connectivity index (χ1n) is 15.3. The van der Waals surface area contributed by atoms with Crippen molar-refractivity contribution in [2.75, 3.05) is 32.9 Å². The number of hydrogen-bond donors (Lipinski definition) is 2. The Labute approximate surface area is 248 Å². The van der Waals surface area contributed by atoms with Crippen LogP contribution in [0.15, 0.2) is 66.7 Å². The number of likely N-dealkylation sites (tertiary alicyclic amines) is 1. The summed E-state index contributed by atoms with van der Waals surface area (Å²) in [6.45, 7) is 4.79. The van der Waals surface area contributed by atoms with Gasteiger partial charge in [0.05, 0.1) is 18.4 Å². The highest BCUT2D eigenvalue weighted by Crippen LogP contribution is 2.36. The summed E-state index contributed by atoms with van der Waals surface area (Å²) < 4.78 is 11.1. The van der Waals surface area contributed by atoms with Gasteiger partial charge in [0, 0.05) is 44.7 Å². The van der Waals surface area contributed by atoms with E-state index in [-0.39, 0.29) is 29.7 Å². The van der Waals surface area contributed by atoms with Crippen molar-refractivity contribution in [1.82, 2.24) is 15.5 Å². The summed E-state index contributed by atoms with van der Waals surface area (Å²) in [6.07, 6.45) is 8.29. The van der Waals surface area contributed by atoms with Gasteiger partial charge >= 0.3 is 0 Å². The van der Waals surface area contributed by atoms with Crippen molar-refractivity contribution in [3.63, 3.8) is 0 Å². The summed E-state index contributed by atoms with van der Waals surface area (Å²) in [5, 5.41) is 6.42. The first-order chi connectivity index (χ1) is 20.5. The van der Waals surface area contributed by atoms with E-state index in [4.69, 9.17) is 9.47 Å². The molecule has 3 amide bonds. The molecule has 3 aliphatic rings. The van der Waals surface area contributed by atoms with Crippen LogP contribution >= 0.6 is 0 Å². The summed E-state index contributed by atoms with van der Waals surface area (Å²) >= 11 is 0. The molecule has 3 heterocycles. The number of carbonyl (C=O) groups excluding carboxylic acids is 3. The largest absolute Gasteiger partial charge is 0.494 e. The molecule has 224 valence electrons. The van der Waals surface area contributed by atoms with Crippen molar-refractivity contribution in [1.29, 1.82) is 0 Å². The highest BCUT2D eigenvalue weighted by atomic mass is 16.5. The van der Waals surface area contributed by atoms with Crippen LogP contribution in [-0.2, 0) is 32.0 Å². The smallest absolute Gasteiger partial charge is 0.243 e. The van der Waals surface area contributed by atoms with Crippen LogP contribution in [0.4, 0.5) is 0 Å². The number of benzene rings is 2. The van der Waals surface area contributed by atoms with Crippen molar-refractivity contribution in [2.24, 2.45) is 11.3 Å². The lowest BCUT2D eigenvalue weighted by Gasteiger charge is -2.40. The number of nitrogens with one attached hydrogen (secondary N) is 2. The standard InChI is InChI=1S/C34H43N3O5/c1-2-42-28-13-11-26(12-14-28)23-31(38)37-19-15-29-27(24-37)10-6-7-16-34(17-20-41-21-18-34)33(40)36-30(32(39)35-29)22-25-8-4-3-5-9-25/h3-9,11-14,27,29-30H,2,10,15-24H2,1H3,(H,35,39)(H,36,40)/b7-6+/t27-,29+,30-/m1/s1. The number of fused-ring (bicyclic) bond motifs is 1. The van der Waals surface area contributed by atoms with E-state index in [1.807, 2.05) is 66.4 Å². The van der Waals surface area contributed by atoms with Crippen LogP contribution < -0.4 is 15.4 Å². The molecule has 3 aliphatic heterocycles. The molecule has 2 N–H and O–H groups in total. The Hall–Kier alpha value is -3.65. The van der Waals surface area contributed by atoms with Gasteiger partial charge in [-0.1, -0.05) is 54.6 Å². The number of allylic oxidation sites excluding steroid dienone is 2. The molecule has 2 saturated heterocycles. The quantitative estimate of drug-likeness (QED) is 0.512. The van der Waals surface area contributed by atoms with Gasteiger partial charge in [0.15, 0.2) is 0 Å². The number of nitrogens with zero attached hydrogens (tertiary/aromatic N) is 1. The summed E-state index contributed by atoms with van der Waals surface area (Å²) in [6, 6.07) is 16.8. The van der Waals surface area contributed by atoms with E-state index < -0.39 is 11.5 Å². The molecule has 2 aromatic rings. The maximum Gasteiger partial charge on any atom is 0.243 e. The van der Waals surface area contributed by atoms with Crippen LogP contribution in [0.2, 0.25) is 0 Å². The lowest BCUT2D eigenvalue weighted by molar-refractivity contribution is -0.140. The number of carbonyl (C=O) groups is 3. The zero-order valence-corrected chi connectivity index (χ0v) is 24.6. The molecule has 0 unspecified atom stereocenters. The summed E-state index contributed by atoms with van der Waals surface area (Å²) in [7, 11) is 0. The predicted octanol–water partition coefficient (Wildman–Crippen LogP) is 3.84. The summed E-state index contributed by atoms with van der Waals surface area (Å²) in [5.41, 5.74) is 1.37. The van der Waals surface area contributed by atoms with Crippen molar-refractivity contribution in [3.05, 3.63) is 77.9 Å². The van der Waals surface area contributed by atoms with Crippen molar-refractivity contribution in [3.8, 4) is 5.75 Å². The molecule has 0 bridgehead atoms. The van der Waals surface area contributed by atoms with Gasteiger partial charge in [-0.3, -0.25) is 14.4 Å². The van der Waals surface area contributed by atoms with E-state index in [0.29, 0.717) is 71.4 Å². The molecule has 2 aromatic carbocycles. The average molecular weight is 574 g/mol. The fourth-order valence-electron chi connectivity index (χ4n) is 6.36. The Morgan fingerprint density at radius 1 is 1.00 bits per heavy atom. The lowest BCUT2D eigenvalue weighted by atomic mass is 9.75. The Bertz CT molecular complexity index is 1240. The third kappa shape index (κ3) is 7.40. The Morgan fingerprint density at radius 2 is 1.76 bits per heavy atom. The van der Waals surface area contributed by atoms with Crippen molar-refractivity contribution >= 4 is 17.7 Å². The maximum atomic E-state index is 13.8. The van der Waals surface area contributed by atoms with Crippen LogP contribution in [0.25, 0.3) is 0 Å². The fourth-order valence-corrected chi connectivity index (χ4v) is 6.36. The van der Waals surface area contributed by atoms with Gasteiger partial charge < -0.3 is 25.0 Å². The summed E-state index contributed by atoms with van der Waals surface area (Å²) in [4.78, 5) is 42.8. The topological polar surface area (TPSA) is 97.0 Å². The third-order valence-electron chi connectivity index (χ3n) is 8.95. The monoisotopic (exact) mass is 573 g/mol. The number of ether oxygens (including phenoxy) is 2. The van der Waals surface area contributed by atoms with Crippen molar-refractivity contribution < 1.29 is 23.9 Å². The second-order valence-electron chi connectivity index (χ2n) is 11.8. The first-order valence-corrected chi connectivity index (χ1v) is 15.3. The van der Waals surface area contributed by atoms with Crippen LogP contribution in [0.3, 0.4) is 0 Å². The van der Waals surface area contributed by atoms with Crippen LogP contribution in [-0.4, -0.2) is 67.6 Å². The van der Waals surface area contributed by atoms with Gasteiger partial charge in [0.2, 0.25) is 17.7 Å². The minimum absolute atomic E-state index is 0.0710. The molecule has 8 nitrogen and oxygen atoms in total. The van der Waals surface area contributed by atoms with Gasteiger partial charge in [0.25, 0.3) is 0 Å². The molecule has 1 spiro atoms. The van der Waals surface area contributed by atoms with Gasteiger partial charge in [-0.25, -0.2) is 0 Å². The van der Waals surface area contributed by atoms with E-state index in [1.165, 1.54) is 0 Å². The highest BCUT2D eigenvalue weighted by molar-refractivity contribution is 5.90. The van der Waals surface area contributed by atoms with E-state index >= 15 is 0 Å². The zero-order chi connectivity index (χ0) is 29.4. The van der Waals surface area contributed by atoms with Gasteiger partial charge in [-0.15, -0.1) is 0 Å². The van der Waals surface area contributed by atoms with E-state index in [9.17, 15) is 14.4 Å². The minimum atomic E-state index is -0.678. The average Bonchev–Trinajstić information content (AvgIpc) is 3.01. The molecule has 0 radical (unpaired) electrons. The first kappa shape index (κ1) is 29.8. The van der Waals surface area contributed by atoms with Crippen LogP contribution in [0, 0.1) is 11.3 Å². The predicted molar refractivity (Wildman–Crippen MR) is 161 cm³/mol. The fraction of sp³-hybridized carbons (Fsp3) is 0.500. The minimum Gasteiger partial charge on any atom is -0.494 e. The molecule has 42 heavy (non-hydrogen) atoms. The lowest BCUT2D eigenvalue weighted by Crippen LogP contribution is -2.58. The van der Waals surface area contributed by atoms with Crippen LogP contribution in [0.5, 0.6) is 5.75 Å². The number of rotatable bonds is 6. The van der Waals surface area contributed by atoms with Crippen molar-refractivity contribution in [2.45, 2.75) is 64.0 Å². The van der Waals surface area contributed by atoms with E-state index in [1.54, 1.807) is 0 Å². The second kappa shape index (κ2) is 14.0. The molecule has 0 aromatic heterocycles. The maximum absolute atomic E-state index is 13.8. The van der Waals surface area contributed by atoms with Gasteiger partial charge in [-0.2, -0.15) is 0 Å². The Balaban J connectivity index is 1.32. The molecule has 3 atom stereocenters. The molecule has 5 rings (SSSR count). The Morgan fingerprint density at radius 3 is 2.50 bits per heavy atom. The molecule has 0 aliphatic carbocycles. The van der Waals surface area contributed by atoms with E-state index in [0.717, 1.165) is 23.3 Å². The normalized spacial score (nSPS) is 25.3. The summed E-state index contributed by atoms with van der Waals surface area (Å²) in [5.74, 6) is 0.742. The molecule has 2 fully saturated rings. The Kier molecular flexibility index (Phi) is 9.95. The zero-order valence-electron chi connectivity index (χ0n) is 24.6. The van der Waals surface area contributed by atoms with Gasteiger partial charge in [-0.05, 0) is 62.3 Å². The van der Waals surface area contributed by atoms with E-state index in [2.05, 4.69) is 22.8 Å². The number of piperidine rings is 1. The third-order valence-corrected chi connectivity index (χ3v) is 8.95. The highest BCUT2D eigenvalue weighted by Gasteiger charge is 2.41. The molecule has 8 heteroatoms. The molecular weight excluding hydrogens is 530 g/mol. The molecular formula is C34H43N3O5. The number of hydrogen-bond acceptors (Lipinski definition) is 5. The van der Waals surface area contributed by atoms with Gasteiger partial charge in [0.1, 0.15) is 11.8 Å². The molecule has 0 saturated carbocycles. The SMILES string of the molecule is CCOc1ccc(CC(=O)N2CC[C@@H]3NC(=O)[C@@H](Cc4ccccc4)NC(=O)C4(C/C=C/C[C@@H]3C2)CCOCC4)cc1. The van der Waals surface area contributed by atoms with Crippen LogP contribution in [0.1, 0.15) is 50.2 Å². The number of amides is 3. The second-order valence-corrected chi connectivity index (χ2v) is 11.8.